The number of nitrogens with two attached hydrogens (primary N) is 1. The highest BCUT2D eigenvalue weighted by atomic mass is 79.9. The van der Waals surface area contributed by atoms with Gasteiger partial charge in [0.2, 0.25) is 10.0 Å². The van der Waals surface area contributed by atoms with Crippen molar-refractivity contribution >= 4 is 37.6 Å². The summed E-state index contributed by atoms with van der Waals surface area (Å²) in [6, 6.07) is 4.83. The average molecular weight is 340 g/mol. The Labute approximate surface area is 114 Å². The van der Waals surface area contributed by atoms with E-state index in [1.165, 1.54) is 4.31 Å². The quantitative estimate of drug-likeness (QED) is 0.894. The molecule has 1 heterocycles. The van der Waals surface area contributed by atoms with Gasteiger partial charge in [-0.15, -0.1) is 0 Å². The van der Waals surface area contributed by atoms with Gasteiger partial charge < -0.3 is 5.73 Å². The van der Waals surface area contributed by atoms with Crippen LogP contribution in [-0.4, -0.2) is 31.9 Å². The lowest BCUT2D eigenvalue weighted by atomic mass is 10.3. The first kappa shape index (κ1) is 13.3. The van der Waals surface area contributed by atoms with Gasteiger partial charge >= 0.3 is 0 Å². The van der Waals surface area contributed by atoms with Crippen LogP contribution in [0.25, 0.3) is 0 Å². The zero-order valence-electron chi connectivity index (χ0n) is 8.94. The van der Waals surface area contributed by atoms with Crippen molar-refractivity contribution in [2.75, 3.05) is 13.1 Å². The van der Waals surface area contributed by atoms with Crippen LogP contribution >= 0.6 is 27.5 Å². The normalized spacial score (nSPS) is 21.9. The van der Waals surface area contributed by atoms with E-state index in [1.54, 1.807) is 18.2 Å². The van der Waals surface area contributed by atoms with Gasteiger partial charge in [-0.3, -0.25) is 0 Å². The lowest BCUT2D eigenvalue weighted by Crippen LogP contribution is -2.32. The molecule has 1 fully saturated rings. The monoisotopic (exact) mass is 338 g/mol. The number of sulfonamides is 1. The van der Waals surface area contributed by atoms with E-state index in [0.717, 1.165) is 0 Å². The van der Waals surface area contributed by atoms with E-state index < -0.39 is 10.0 Å². The first-order chi connectivity index (χ1) is 7.93. The maximum atomic E-state index is 12.4. The number of benzene rings is 1. The van der Waals surface area contributed by atoms with Gasteiger partial charge in [-0.2, -0.15) is 4.31 Å². The van der Waals surface area contributed by atoms with Crippen LogP contribution in [0.15, 0.2) is 27.6 Å². The fraction of sp³-hybridized carbons (Fsp3) is 0.400. The highest BCUT2D eigenvalue weighted by Crippen LogP contribution is 2.32. The second kappa shape index (κ2) is 4.85. The summed E-state index contributed by atoms with van der Waals surface area (Å²) in [5.41, 5.74) is 5.73. The van der Waals surface area contributed by atoms with Gasteiger partial charge in [0.1, 0.15) is 4.90 Å². The molecule has 0 aliphatic carbocycles. The number of rotatable bonds is 2. The minimum Gasteiger partial charge on any atom is -0.326 e. The van der Waals surface area contributed by atoms with Crippen LogP contribution in [0, 0.1) is 0 Å². The van der Waals surface area contributed by atoms with Crippen LogP contribution in [0.3, 0.4) is 0 Å². The van der Waals surface area contributed by atoms with Gasteiger partial charge in [0.05, 0.1) is 5.02 Å². The molecule has 1 saturated heterocycles. The van der Waals surface area contributed by atoms with E-state index >= 15 is 0 Å². The molecule has 1 atom stereocenters. The highest BCUT2D eigenvalue weighted by Gasteiger charge is 2.33. The van der Waals surface area contributed by atoms with E-state index in [9.17, 15) is 8.42 Å². The molecule has 0 spiro atoms. The van der Waals surface area contributed by atoms with Crippen LogP contribution in [0.5, 0.6) is 0 Å². The van der Waals surface area contributed by atoms with Crippen molar-refractivity contribution in [3.63, 3.8) is 0 Å². The van der Waals surface area contributed by atoms with Crippen LogP contribution in [0.1, 0.15) is 6.42 Å². The second-order valence-corrected chi connectivity index (χ2v) is 7.10. The van der Waals surface area contributed by atoms with Gasteiger partial charge in [-0.1, -0.05) is 17.7 Å². The van der Waals surface area contributed by atoms with Gasteiger partial charge in [-0.05, 0) is 34.5 Å². The summed E-state index contributed by atoms with van der Waals surface area (Å²) in [4.78, 5) is 0.121. The molecule has 1 aliphatic heterocycles. The molecule has 7 heteroatoms. The largest absolute Gasteiger partial charge is 0.326 e. The van der Waals surface area contributed by atoms with Crippen molar-refractivity contribution in [2.45, 2.75) is 17.4 Å². The topological polar surface area (TPSA) is 63.4 Å². The fourth-order valence-corrected chi connectivity index (χ4v) is 5.01. The molecule has 0 bridgehead atoms. The number of hydrogen-bond donors (Lipinski definition) is 1. The van der Waals surface area contributed by atoms with Gasteiger partial charge in [0.15, 0.2) is 0 Å². The lowest BCUT2D eigenvalue weighted by molar-refractivity contribution is 0.472. The second-order valence-electron chi connectivity index (χ2n) is 3.96. The number of halogens is 2. The molecule has 0 radical (unpaired) electrons. The predicted molar refractivity (Wildman–Crippen MR) is 70.5 cm³/mol. The van der Waals surface area contributed by atoms with Crippen molar-refractivity contribution in [3.05, 3.63) is 27.7 Å². The predicted octanol–water partition coefficient (Wildman–Crippen LogP) is 1.82. The van der Waals surface area contributed by atoms with E-state index in [-0.39, 0.29) is 16.0 Å². The van der Waals surface area contributed by atoms with Crippen molar-refractivity contribution < 1.29 is 8.42 Å². The zero-order valence-corrected chi connectivity index (χ0v) is 12.1. The Morgan fingerprint density at radius 2 is 2.18 bits per heavy atom. The summed E-state index contributed by atoms with van der Waals surface area (Å²) in [6.45, 7) is 0.793. The van der Waals surface area contributed by atoms with Crippen LogP contribution in [-0.2, 0) is 10.0 Å². The summed E-state index contributed by atoms with van der Waals surface area (Å²) in [6.07, 6.45) is 0.682. The maximum Gasteiger partial charge on any atom is 0.245 e. The molecular formula is C10H12BrClN2O2S. The average Bonchev–Trinajstić information content (AvgIpc) is 2.64. The Hall–Kier alpha value is -0.140. The molecular weight excluding hydrogens is 328 g/mol. The first-order valence-electron chi connectivity index (χ1n) is 5.12. The molecule has 1 aromatic carbocycles. The Balaban J connectivity index is 2.45. The number of nitrogens with zero attached hydrogens (tertiary/aromatic N) is 1. The lowest BCUT2D eigenvalue weighted by Gasteiger charge is -2.17. The van der Waals surface area contributed by atoms with Crippen molar-refractivity contribution in [3.8, 4) is 0 Å². The highest BCUT2D eigenvalue weighted by molar-refractivity contribution is 9.10. The SMILES string of the molecule is N[C@H]1CCN(S(=O)(=O)c2c(Cl)cccc2Br)C1. The molecule has 1 aromatic rings. The maximum absolute atomic E-state index is 12.4. The molecule has 0 unspecified atom stereocenters. The summed E-state index contributed by atoms with van der Waals surface area (Å²) >= 11 is 9.19. The van der Waals surface area contributed by atoms with Crippen molar-refractivity contribution in [2.24, 2.45) is 5.73 Å². The van der Waals surface area contributed by atoms with Gasteiger partial charge in [-0.25, -0.2) is 8.42 Å². The Morgan fingerprint density at radius 3 is 2.71 bits per heavy atom. The standard InChI is InChI=1S/C10H12BrClN2O2S/c11-8-2-1-3-9(12)10(8)17(15,16)14-5-4-7(13)6-14/h1-3,7H,4-6,13H2/t7-/m0/s1. The minimum atomic E-state index is -3.56. The molecule has 4 nitrogen and oxygen atoms in total. The van der Waals surface area contributed by atoms with Crippen molar-refractivity contribution in [1.29, 1.82) is 0 Å². The van der Waals surface area contributed by atoms with Crippen LogP contribution in [0.4, 0.5) is 0 Å². The Bertz CT molecular complexity index is 515. The smallest absolute Gasteiger partial charge is 0.245 e. The zero-order chi connectivity index (χ0) is 12.6. The molecule has 0 saturated carbocycles. The summed E-state index contributed by atoms with van der Waals surface area (Å²) in [7, 11) is -3.56. The third kappa shape index (κ3) is 2.51. The van der Waals surface area contributed by atoms with Crippen LogP contribution in [0.2, 0.25) is 5.02 Å². The molecule has 2 rings (SSSR count). The molecule has 1 aliphatic rings. The number of hydrogen-bond acceptors (Lipinski definition) is 3. The summed E-state index contributed by atoms with van der Waals surface area (Å²) in [5, 5.41) is 0.222. The first-order valence-corrected chi connectivity index (χ1v) is 7.74. The minimum absolute atomic E-state index is 0.0916. The molecule has 0 amide bonds. The Morgan fingerprint density at radius 1 is 1.47 bits per heavy atom. The molecule has 94 valence electrons. The van der Waals surface area contributed by atoms with Crippen molar-refractivity contribution in [1.82, 2.24) is 4.31 Å². The summed E-state index contributed by atoms with van der Waals surface area (Å²) in [5.74, 6) is 0. The molecule has 17 heavy (non-hydrogen) atoms. The molecule has 2 N–H and O–H groups in total. The molecule has 0 aromatic heterocycles. The van der Waals surface area contributed by atoms with Gasteiger partial charge in [0.25, 0.3) is 0 Å². The third-order valence-electron chi connectivity index (χ3n) is 2.70. The van der Waals surface area contributed by atoms with E-state index in [2.05, 4.69) is 15.9 Å². The third-order valence-corrected chi connectivity index (χ3v) is 6.02. The van der Waals surface area contributed by atoms with E-state index in [0.29, 0.717) is 24.0 Å². The van der Waals surface area contributed by atoms with E-state index in [4.69, 9.17) is 17.3 Å². The van der Waals surface area contributed by atoms with E-state index in [1.807, 2.05) is 0 Å². The van der Waals surface area contributed by atoms with Gasteiger partial charge in [0, 0.05) is 23.6 Å². The van der Waals surface area contributed by atoms with Crippen LogP contribution < -0.4 is 5.73 Å². The Kier molecular flexibility index (Phi) is 3.80. The summed E-state index contributed by atoms with van der Waals surface area (Å²) < 4.78 is 26.6. The fourth-order valence-electron chi connectivity index (χ4n) is 1.83.